The van der Waals surface area contributed by atoms with Gasteiger partial charge >= 0.3 is 6.18 Å². The van der Waals surface area contributed by atoms with E-state index in [9.17, 15) is 18.0 Å². The van der Waals surface area contributed by atoms with Gasteiger partial charge in [-0.15, -0.1) is 0 Å². The van der Waals surface area contributed by atoms with Crippen molar-refractivity contribution in [3.05, 3.63) is 35.9 Å². The van der Waals surface area contributed by atoms with Crippen LogP contribution in [0.2, 0.25) is 0 Å². The van der Waals surface area contributed by atoms with Crippen molar-refractivity contribution < 1.29 is 22.7 Å². The first kappa shape index (κ1) is 15.1. The second-order valence-corrected chi connectivity index (χ2v) is 3.67. The van der Waals surface area contributed by atoms with Gasteiger partial charge in [0.2, 0.25) is 5.91 Å². The summed E-state index contributed by atoms with van der Waals surface area (Å²) >= 11 is 0. The Morgan fingerprint density at radius 1 is 1.32 bits per heavy atom. The Morgan fingerprint density at radius 3 is 2.47 bits per heavy atom. The molecule has 0 radical (unpaired) electrons. The number of hydrogen-bond acceptors (Lipinski definition) is 2. The zero-order valence-electron chi connectivity index (χ0n) is 10.3. The van der Waals surface area contributed by atoms with Crippen molar-refractivity contribution in [1.29, 1.82) is 0 Å². The molecule has 1 N–H and O–H groups in total. The molecule has 1 amide bonds. The van der Waals surface area contributed by atoms with Gasteiger partial charge in [-0.25, -0.2) is 0 Å². The van der Waals surface area contributed by atoms with Gasteiger partial charge in [0, 0.05) is 6.08 Å². The molecule has 19 heavy (non-hydrogen) atoms. The van der Waals surface area contributed by atoms with Gasteiger partial charge in [0.1, 0.15) is 12.3 Å². The lowest BCUT2D eigenvalue weighted by atomic mass is 10.2. The number of rotatable bonds is 5. The first-order valence-electron chi connectivity index (χ1n) is 5.66. The van der Waals surface area contributed by atoms with Crippen LogP contribution in [0.4, 0.5) is 13.2 Å². The number of benzene rings is 1. The number of ether oxygens (including phenoxy) is 1. The van der Waals surface area contributed by atoms with E-state index in [1.807, 2.05) is 6.92 Å². The van der Waals surface area contributed by atoms with Crippen LogP contribution in [0, 0.1) is 0 Å². The lowest BCUT2D eigenvalue weighted by molar-refractivity contribution is -0.135. The van der Waals surface area contributed by atoms with E-state index in [2.05, 4.69) is 0 Å². The van der Waals surface area contributed by atoms with Gasteiger partial charge in [-0.2, -0.15) is 13.2 Å². The Morgan fingerprint density at radius 2 is 1.95 bits per heavy atom. The van der Waals surface area contributed by atoms with E-state index in [1.54, 1.807) is 29.6 Å². The molecule has 0 bridgehead atoms. The molecular weight excluding hydrogens is 259 g/mol. The fourth-order valence-corrected chi connectivity index (χ4v) is 1.26. The molecule has 0 aliphatic heterocycles. The van der Waals surface area contributed by atoms with Crippen LogP contribution in [-0.4, -0.2) is 25.2 Å². The highest BCUT2D eigenvalue weighted by atomic mass is 19.4. The predicted molar refractivity (Wildman–Crippen MR) is 65.7 cm³/mol. The van der Waals surface area contributed by atoms with E-state index in [1.165, 1.54) is 6.08 Å². The van der Waals surface area contributed by atoms with E-state index in [0.717, 1.165) is 6.08 Å². The van der Waals surface area contributed by atoms with E-state index in [-0.39, 0.29) is 0 Å². The number of nitrogens with one attached hydrogen (secondary N) is 1. The number of amides is 1. The fourth-order valence-electron chi connectivity index (χ4n) is 1.26. The summed E-state index contributed by atoms with van der Waals surface area (Å²) in [4.78, 5) is 11.1. The number of alkyl halides is 3. The van der Waals surface area contributed by atoms with Gasteiger partial charge in [-0.3, -0.25) is 4.79 Å². The van der Waals surface area contributed by atoms with Crippen LogP contribution < -0.4 is 10.1 Å². The van der Waals surface area contributed by atoms with Gasteiger partial charge in [-0.05, 0) is 30.7 Å². The van der Waals surface area contributed by atoms with Crippen LogP contribution in [-0.2, 0) is 4.79 Å². The smallest absolute Gasteiger partial charge is 0.405 e. The second kappa shape index (κ2) is 6.82. The summed E-state index contributed by atoms with van der Waals surface area (Å²) in [6.45, 7) is 1.08. The minimum atomic E-state index is -4.40. The minimum absolute atomic E-state index is 0.551. The van der Waals surface area contributed by atoms with E-state index in [4.69, 9.17) is 4.74 Å². The predicted octanol–water partition coefficient (Wildman–Crippen LogP) is 2.78. The Hall–Kier alpha value is -1.98. The lowest BCUT2D eigenvalue weighted by Gasteiger charge is -2.05. The second-order valence-electron chi connectivity index (χ2n) is 3.67. The van der Waals surface area contributed by atoms with Gasteiger partial charge in [-0.1, -0.05) is 12.1 Å². The molecule has 1 rings (SSSR count). The van der Waals surface area contributed by atoms with Crippen LogP contribution in [0.25, 0.3) is 6.08 Å². The lowest BCUT2D eigenvalue weighted by Crippen LogP contribution is -2.32. The van der Waals surface area contributed by atoms with Crippen molar-refractivity contribution in [2.24, 2.45) is 0 Å². The maximum Gasteiger partial charge on any atom is 0.405 e. The maximum absolute atomic E-state index is 11.8. The highest BCUT2D eigenvalue weighted by Gasteiger charge is 2.27. The average molecular weight is 273 g/mol. The van der Waals surface area contributed by atoms with E-state index in [0.29, 0.717) is 17.9 Å². The van der Waals surface area contributed by atoms with Gasteiger partial charge in [0.25, 0.3) is 0 Å². The van der Waals surface area contributed by atoms with Crippen LogP contribution in [0.3, 0.4) is 0 Å². The molecule has 0 spiro atoms. The van der Waals surface area contributed by atoms with Crippen LogP contribution in [0.5, 0.6) is 5.75 Å². The molecule has 0 fully saturated rings. The van der Waals surface area contributed by atoms with Crippen molar-refractivity contribution in [2.75, 3.05) is 13.2 Å². The highest BCUT2D eigenvalue weighted by Crippen LogP contribution is 2.13. The molecular formula is C13H14F3NO2. The van der Waals surface area contributed by atoms with Gasteiger partial charge in [0.15, 0.2) is 0 Å². The minimum Gasteiger partial charge on any atom is -0.494 e. The summed E-state index contributed by atoms with van der Waals surface area (Å²) in [6.07, 6.45) is -1.91. The van der Waals surface area contributed by atoms with Crippen molar-refractivity contribution in [2.45, 2.75) is 13.1 Å². The Kier molecular flexibility index (Phi) is 5.41. The third-order valence-corrected chi connectivity index (χ3v) is 2.08. The molecule has 1 aromatic carbocycles. The van der Waals surface area contributed by atoms with Crippen molar-refractivity contribution in [1.82, 2.24) is 5.32 Å². The van der Waals surface area contributed by atoms with Crippen LogP contribution >= 0.6 is 0 Å². The summed E-state index contributed by atoms with van der Waals surface area (Å²) in [5, 5.41) is 1.75. The molecule has 0 aliphatic rings. The summed E-state index contributed by atoms with van der Waals surface area (Å²) < 4.78 is 40.8. The topological polar surface area (TPSA) is 38.3 Å². The number of carbonyl (C=O) groups is 1. The number of halogens is 3. The molecule has 0 heterocycles. The maximum atomic E-state index is 11.8. The molecule has 0 aliphatic carbocycles. The average Bonchev–Trinajstić information content (AvgIpc) is 2.35. The molecule has 0 aromatic heterocycles. The molecule has 0 unspecified atom stereocenters. The zero-order chi connectivity index (χ0) is 14.3. The van der Waals surface area contributed by atoms with Crippen molar-refractivity contribution in [3.63, 3.8) is 0 Å². The Bertz CT molecular complexity index is 438. The van der Waals surface area contributed by atoms with Crippen molar-refractivity contribution >= 4 is 12.0 Å². The summed E-state index contributed by atoms with van der Waals surface area (Å²) in [6, 6.07) is 6.85. The Labute approximate surface area is 109 Å². The first-order chi connectivity index (χ1) is 8.90. The fraction of sp³-hybridized carbons (Fsp3) is 0.308. The SMILES string of the molecule is CCOc1ccc(C=CC(=O)NCC(F)(F)F)cc1. The quantitative estimate of drug-likeness (QED) is 0.838. The molecule has 6 heteroatoms. The molecule has 0 saturated heterocycles. The summed E-state index contributed by atoms with van der Waals surface area (Å²) in [5.74, 6) is -0.0904. The largest absolute Gasteiger partial charge is 0.494 e. The molecule has 0 saturated carbocycles. The van der Waals surface area contributed by atoms with Gasteiger partial charge in [0.05, 0.1) is 6.61 Å². The third kappa shape index (κ3) is 6.49. The van der Waals surface area contributed by atoms with E-state index >= 15 is 0 Å². The normalized spacial score (nSPS) is 11.6. The molecule has 104 valence electrons. The number of hydrogen-bond donors (Lipinski definition) is 1. The van der Waals surface area contributed by atoms with Crippen LogP contribution in [0.1, 0.15) is 12.5 Å². The highest BCUT2D eigenvalue weighted by molar-refractivity contribution is 5.91. The third-order valence-electron chi connectivity index (χ3n) is 2.08. The first-order valence-corrected chi connectivity index (χ1v) is 5.66. The summed E-state index contributed by atoms with van der Waals surface area (Å²) in [5.41, 5.74) is 0.700. The van der Waals surface area contributed by atoms with Gasteiger partial charge < -0.3 is 10.1 Å². The van der Waals surface area contributed by atoms with Crippen LogP contribution in [0.15, 0.2) is 30.3 Å². The zero-order valence-corrected chi connectivity index (χ0v) is 10.3. The molecule has 1 aromatic rings. The van der Waals surface area contributed by atoms with Crippen molar-refractivity contribution in [3.8, 4) is 5.75 Å². The standard InChI is InChI=1S/C13H14F3NO2/c1-2-19-11-6-3-10(4-7-11)5-8-12(18)17-9-13(14,15)16/h3-8H,2,9H2,1H3,(H,17,18). The molecule has 3 nitrogen and oxygen atoms in total. The van der Waals surface area contributed by atoms with E-state index < -0.39 is 18.6 Å². The number of carbonyl (C=O) groups excluding carboxylic acids is 1. The Balaban J connectivity index is 2.49. The summed E-state index contributed by atoms with van der Waals surface area (Å²) in [7, 11) is 0. The monoisotopic (exact) mass is 273 g/mol. The molecule has 0 atom stereocenters.